The summed E-state index contributed by atoms with van der Waals surface area (Å²) < 4.78 is 11.5. The van der Waals surface area contributed by atoms with E-state index in [0.29, 0.717) is 36.3 Å². The first kappa shape index (κ1) is 12.8. The molecule has 0 unspecified atom stereocenters. The van der Waals surface area contributed by atoms with Gasteiger partial charge < -0.3 is 9.26 Å². The second kappa shape index (κ2) is 5.03. The van der Waals surface area contributed by atoms with Gasteiger partial charge in [0.05, 0.1) is 12.8 Å². The van der Waals surface area contributed by atoms with Gasteiger partial charge in [-0.2, -0.15) is 4.98 Å². The number of carbonyl (C=O) groups excluding carboxylic acids is 1. The fraction of sp³-hybridized carbons (Fsp3) is 0.583. The van der Waals surface area contributed by atoms with Gasteiger partial charge in [0, 0.05) is 5.92 Å². The highest BCUT2D eigenvalue weighted by Crippen LogP contribution is 2.38. The standard InChI is InChI=1S/C12H15N5O3/c1-3-8-10(12(18)19-2)14-16-17(8)6-9-13-11(20-15-9)7-4-5-7/h7H,3-6H2,1-2H3. The number of methoxy groups -OCH3 is 1. The minimum Gasteiger partial charge on any atom is -0.464 e. The van der Waals surface area contributed by atoms with E-state index in [9.17, 15) is 4.79 Å². The molecule has 1 saturated carbocycles. The van der Waals surface area contributed by atoms with E-state index in [2.05, 4.69) is 25.2 Å². The highest BCUT2D eigenvalue weighted by molar-refractivity contribution is 5.88. The van der Waals surface area contributed by atoms with Crippen LogP contribution in [0.1, 0.15) is 53.6 Å². The maximum Gasteiger partial charge on any atom is 0.360 e. The minimum atomic E-state index is -0.486. The van der Waals surface area contributed by atoms with Gasteiger partial charge in [-0.3, -0.25) is 0 Å². The Kier molecular flexibility index (Phi) is 3.21. The molecule has 1 fully saturated rings. The summed E-state index contributed by atoms with van der Waals surface area (Å²) in [6, 6.07) is 0. The van der Waals surface area contributed by atoms with E-state index >= 15 is 0 Å². The van der Waals surface area contributed by atoms with E-state index in [1.807, 2.05) is 6.92 Å². The number of ether oxygens (including phenoxy) is 1. The summed E-state index contributed by atoms with van der Waals surface area (Å²) in [5, 5.41) is 11.8. The molecular weight excluding hydrogens is 262 g/mol. The number of hydrogen-bond donors (Lipinski definition) is 0. The second-order valence-corrected chi connectivity index (χ2v) is 4.71. The number of nitrogens with zero attached hydrogens (tertiary/aromatic N) is 5. The first-order chi connectivity index (χ1) is 9.72. The zero-order chi connectivity index (χ0) is 14.1. The number of aromatic nitrogens is 5. The van der Waals surface area contributed by atoms with Crippen molar-refractivity contribution >= 4 is 5.97 Å². The van der Waals surface area contributed by atoms with Gasteiger partial charge in [-0.1, -0.05) is 17.3 Å². The van der Waals surface area contributed by atoms with Crippen LogP contribution in [0.3, 0.4) is 0 Å². The highest BCUT2D eigenvalue weighted by Gasteiger charge is 2.30. The number of rotatable bonds is 5. The van der Waals surface area contributed by atoms with Gasteiger partial charge in [-0.15, -0.1) is 5.10 Å². The quantitative estimate of drug-likeness (QED) is 0.750. The molecule has 0 atom stereocenters. The van der Waals surface area contributed by atoms with Gasteiger partial charge in [0.15, 0.2) is 11.5 Å². The predicted octanol–water partition coefficient (Wildman–Crippen LogP) is 0.936. The monoisotopic (exact) mass is 277 g/mol. The maximum absolute atomic E-state index is 11.6. The Balaban J connectivity index is 1.82. The van der Waals surface area contributed by atoms with E-state index in [1.165, 1.54) is 7.11 Å². The molecule has 0 aliphatic heterocycles. The smallest absolute Gasteiger partial charge is 0.360 e. The molecule has 0 N–H and O–H groups in total. The molecule has 0 saturated heterocycles. The van der Waals surface area contributed by atoms with Crippen molar-refractivity contribution in [2.75, 3.05) is 7.11 Å². The molecule has 0 radical (unpaired) electrons. The summed E-state index contributed by atoms with van der Waals surface area (Å²) in [6.45, 7) is 2.26. The normalized spacial score (nSPS) is 14.5. The molecule has 2 aromatic heterocycles. The average molecular weight is 277 g/mol. The minimum absolute atomic E-state index is 0.237. The largest absolute Gasteiger partial charge is 0.464 e. The second-order valence-electron chi connectivity index (χ2n) is 4.71. The fourth-order valence-corrected chi connectivity index (χ4v) is 2.03. The SMILES string of the molecule is CCc1c(C(=O)OC)nnn1Cc1noc(C2CC2)n1. The van der Waals surface area contributed by atoms with Crippen LogP contribution in [0.2, 0.25) is 0 Å². The molecule has 8 nitrogen and oxygen atoms in total. The Bertz CT molecular complexity index is 629. The van der Waals surface area contributed by atoms with Gasteiger partial charge in [-0.25, -0.2) is 9.48 Å². The molecule has 0 bridgehead atoms. The van der Waals surface area contributed by atoms with E-state index < -0.39 is 5.97 Å². The molecule has 2 aromatic rings. The zero-order valence-corrected chi connectivity index (χ0v) is 11.4. The lowest BCUT2D eigenvalue weighted by Gasteiger charge is -2.02. The molecule has 1 aliphatic rings. The summed E-state index contributed by atoms with van der Waals surface area (Å²) in [4.78, 5) is 15.9. The molecule has 2 heterocycles. The van der Waals surface area contributed by atoms with Gasteiger partial charge in [-0.05, 0) is 19.3 Å². The number of esters is 1. The van der Waals surface area contributed by atoms with Gasteiger partial charge in [0.1, 0.15) is 6.54 Å². The van der Waals surface area contributed by atoms with Crippen LogP contribution >= 0.6 is 0 Å². The molecule has 20 heavy (non-hydrogen) atoms. The van der Waals surface area contributed by atoms with Crippen molar-refractivity contribution in [3.63, 3.8) is 0 Å². The van der Waals surface area contributed by atoms with Crippen LogP contribution in [-0.4, -0.2) is 38.2 Å². The van der Waals surface area contributed by atoms with Crippen LogP contribution in [0.4, 0.5) is 0 Å². The van der Waals surface area contributed by atoms with Crippen molar-refractivity contribution < 1.29 is 14.1 Å². The summed E-state index contributed by atoms with van der Waals surface area (Å²) >= 11 is 0. The molecule has 0 amide bonds. The Morgan fingerprint density at radius 3 is 2.95 bits per heavy atom. The third-order valence-electron chi connectivity index (χ3n) is 3.25. The van der Waals surface area contributed by atoms with Gasteiger partial charge >= 0.3 is 5.97 Å². The van der Waals surface area contributed by atoms with Crippen molar-refractivity contribution in [2.45, 2.75) is 38.6 Å². The van der Waals surface area contributed by atoms with E-state index in [-0.39, 0.29) is 5.69 Å². The van der Waals surface area contributed by atoms with Crippen LogP contribution < -0.4 is 0 Å². The van der Waals surface area contributed by atoms with Gasteiger partial charge in [0.25, 0.3) is 0 Å². The summed E-state index contributed by atoms with van der Waals surface area (Å²) in [7, 11) is 1.32. The summed E-state index contributed by atoms with van der Waals surface area (Å²) in [6.07, 6.45) is 2.83. The van der Waals surface area contributed by atoms with E-state index in [4.69, 9.17) is 4.52 Å². The average Bonchev–Trinajstić information content (AvgIpc) is 3.08. The maximum atomic E-state index is 11.6. The lowest BCUT2D eigenvalue weighted by molar-refractivity contribution is 0.0592. The molecule has 106 valence electrons. The highest BCUT2D eigenvalue weighted by atomic mass is 16.5. The topological polar surface area (TPSA) is 95.9 Å². The number of hydrogen-bond acceptors (Lipinski definition) is 7. The molecule has 1 aliphatic carbocycles. The van der Waals surface area contributed by atoms with Crippen LogP contribution in [0.15, 0.2) is 4.52 Å². The third-order valence-corrected chi connectivity index (χ3v) is 3.25. The first-order valence-electron chi connectivity index (χ1n) is 6.56. The predicted molar refractivity (Wildman–Crippen MR) is 66.1 cm³/mol. The van der Waals surface area contributed by atoms with Crippen molar-refractivity contribution in [2.24, 2.45) is 0 Å². The Morgan fingerprint density at radius 1 is 1.50 bits per heavy atom. The molecule has 0 aromatic carbocycles. The van der Waals surface area contributed by atoms with E-state index in [1.54, 1.807) is 4.68 Å². The van der Waals surface area contributed by atoms with Crippen LogP contribution in [0.5, 0.6) is 0 Å². The molecular formula is C12H15N5O3. The summed E-state index contributed by atoms with van der Waals surface area (Å²) in [5.41, 5.74) is 0.940. The Morgan fingerprint density at radius 2 is 2.30 bits per heavy atom. The van der Waals surface area contributed by atoms with Crippen LogP contribution in [0.25, 0.3) is 0 Å². The van der Waals surface area contributed by atoms with Crippen molar-refractivity contribution in [3.8, 4) is 0 Å². The first-order valence-corrected chi connectivity index (χ1v) is 6.56. The lowest BCUT2D eigenvalue weighted by Crippen LogP contribution is -2.10. The lowest BCUT2D eigenvalue weighted by atomic mass is 10.2. The number of carbonyl (C=O) groups is 1. The van der Waals surface area contributed by atoms with Gasteiger partial charge in [0.2, 0.25) is 5.89 Å². The van der Waals surface area contributed by atoms with Crippen LogP contribution in [-0.2, 0) is 17.7 Å². The fourth-order valence-electron chi connectivity index (χ4n) is 2.03. The van der Waals surface area contributed by atoms with E-state index in [0.717, 1.165) is 12.8 Å². The molecule has 8 heteroatoms. The molecule has 0 spiro atoms. The Labute approximate surface area is 115 Å². The molecule has 3 rings (SSSR count). The summed E-state index contributed by atoms with van der Waals surface area (Å²) in [5.74, 6) is 1.16. The van der Waals surface area contributed by atoms with Crippen molar-refractivity contribution in [1.29, 1.82) is 0 Å². The Hall–Kier alpha value is -2.25. The third kappa shape index (κ3) is 2.28. The van der Waals surface area contributed by atoms with Crippen molar-refractivity contribution in [1.82, 2.24) is 25.1 Å². The van der Waals surface area contributed by atoms with Crippen LogP contribution in [0, 0.1) is 0 Å². The van der Waals surface area contributed by atoms with Crippen molar-refractivity contribution in [3.05, 3.63) is 23.1 Å². The zero-order valence-electron chi connectivity index (χ0n) is 11.4.